The summed E-state index contributed by atoms with van der Waals surface area (Å²) in [5, 5.41) is 4.30. The van der Waals surface area contributed by atoms with Gasteiger partial charge in [-0.1, -0.05) is 12.1 Å². The van der Waals surface area contributed by atoms with Crippen molar-refractivity contribution < 1.29 is 4.79 Å². The van der Waals surface area contributed by atoms with Crippen molar-refractivity contribution in [3.05, 3.63) is 47.8 Å². The summed E-state index contributed by atoms with van der Waals surface area (Å²) in [6.07, 6.45) is 2.79. The monoisotopic (exact) mass is 232 g/mol. The summed E-state index contributed by atoms with van der Waals surface area (Å²) >= 11 is 1.71. The lowest BCUT2D eigenvalue weighted by atomic mass is 10.2. The molecule has 0 fully saturated rings. The van der Waals surface area contributed by atoms with Crippen LogP contribution in [0, 0.1) is 0 Å². The molecule has 2 aromatic rings. The largest absolute Gasteiger partial charge is 0.298 e. The predicted molar refractivity (Wildman–Crippen MR) is 64.6 cm³/mol. The van der Waals surface area contributed by atoms with E-state index >= 15 is 0 Å². The molecule has 1 aromatic heterocycles. The van der Waals surface area contributed by atoms with Gasteiger partial charge in [0.2, 0.25) is 0 Å². The first-order valence-corrected chi connectivity index (χ1v) is 5.93. The van der Waals surface area contributed by atoms with Gasteiger partial charge in [-0.3, -0.25) is 9.48 Å². The van der Waals surface area contributed by atoms with E-state index < -0.39 is 0 Å². The summed E-state index contributed by atoms with van der Waals surface area (Å²) in [4.78, 5) is 11.6. The van der Waals surface area contributed by atoms with Crippen molar-refractivity contribution in [2.75, 3.05) is 0 Å². The zero-order valence-corrected chi connectivity index (χ0v) is 9.78. The van der Waals surface area contributed by atoms with Crippen LogP contribution in [0.2, 0.25) is 0 Å². The molecule has 0 aliphatic rings. The Morgan fingerprint density at radius 3 is 2.62 bits per heavy atom. The number of benzene rings is 1. The fourth-order valence-electron chi connectivity index (χ4n) is 1.34. The molecule has 16 heavy (non-hydrogen) atoms. The van der Waals surface area contributed by atoms with Crippen molar-refractivity contribution in [1.29, 1.82) is 0 Å². The fourth-order valence-corrected chi connectivity index (χ4v) is 2.14. The fraction of sp³-hybridized carbons (Fsp3) is 0.167. The molecule has 3 nitrogen and oxygen atoms in total. The van der Waals surface area contributed by atoms with Gasteiger partial charge in [-0.2, -0.15) is 5.10 Å². The molecular weight excluding hydrogens is 220 g/mol. The lowest BCUT2D eigenvalue weighted by Gasteiger charge is -1.99. The third-order valence-corrected chi connectivity index (χ3v) is 3.22. The Kier molecular flexibility index (Phi) is 3.41. The van der Waals surface area contributed by atoms with Gasteiger partial charge in [0.25, 0.3) is 0 Å². The number of thioether (sulfide) groups is 1. The molecule has 82 valence electrons. The maximum atomic E-state index is 10.5. The molecule has 0 saturated heterocycles. The van der Waals surface area contributed by atoms with Crippen LogP contribution in [0.4, 0.5) is 0 Å². The number of hydrogen-bond donors (Lipinski definition) is 0. The predicted octanol–water partition coefficient (Wildman–Crippen LogP) is 2.52. The average molecular weight is 232 g/mol. The summed E-state index contributed by atoms with van der Waals surface area (Å²) < 4.78 is 1.80. The Bertz CT molecular complexity index is 476. The van der Waals surface area contributed by atoms with Crippen molar-refractivity contribution in [2.45, 2.75) is 10.6 Å². The number of nitrogens with zero attached hydrogens (tertiary/aromatic N) is 2. The number of carbonyl (C=O) groups excluding carboxylic acids is 1. The van der Waals surface area contributed by atoms with Crippen molar-refractivity contribution in [3.8, 4) is 0 Å². The molecule has 0 aliphatic heterocycles. The van der Waals surface area contributed by atoms with E-state index in [4.69, 9.17) is 0 Å². The number of hydrogen-bond acceptors (Lipinski definition) is 3. The van der Waals surface area contributed by atoms with Crippen LogP contribution in [0.1, 0.15) is 16.1 Å². The van der Waals surface area contributed by atoms with E-state index in [2.05, 4.69) is 5.10 Å². The quantitative estimate of drug-likeness (QED) is 0.600. The van der Waals surface area contributed by atoms with Gasteiger partial charge in [-0.15, -0.1) is 11.8 Å². The molecular formula is C12H12N2OS. The third kappa shape index (κ3) is 2.73. The van der Waals surface area contributed by atoms with Crippen LogP contribution in [-0.2, 0) is 12.8 Å². The van der Waals surface area contributed by atoms with Crippen LogP contribution < -0.4 is 0 Å². The molecule has 2 rings (SSSR count). The second-order valence-electron chi connectivity index (χ2n) is 3.46. The molecule has 1 heterocycles. The second-order valence-corrected chi connectivity index (χ2v) is 4.51. The molecule has 0 radical (unpaired) electrons. The second kappa shape index (κ2) is 4.99. The Morgan fingerprint density at radius 2 is 2.06 bits per heavy atom. The molecule has 0 bridgehead atoms. The average Bonchev–Trinajstić information content (AvgIpc) is 2.73. The molecule has 0 N–H and O–H groups in total. The highest BCUT2D eigenvalue weighted by atomic mass is 32.2. The van der Waals surface area contributed by atoms with E-state index in [1.165, 1.54) is 0 Å². The Hall–Kier alpha value is -1.55. The number of aryl methyl sites for hydroxylation is 1. The van der Waals surface area contributed by atoms with Gasteiger partial charge in [0.1, 0.15) is 6.29 Å². The summed E-state index contributed by atoms with van der Waals surface area (Å²) in [5.74, 6) is 0.848. The first-order valence-electron chi connectivity index (χ1n) is 4.94. The molecule has 0 saturated carbocycles. The van der Waals surface area contributed by atoms with Gasteiger partial charge in [0.15, 0.2) is 0 Å². The van der Waals surface area contributed by atoms with Crippen molar-refractivity contribution in [2.24, 2.45) is 7.05 Å². The summed E-state index contributed by atoms with van der Waals surface area (Å²) in [6.45, 7) is 0. The van der Waals surface area contributed by atoms with E-state index in [0.717, 1.165) is 22.6 Å². The highest BCUT2D eigenvalue weighted by molar-refractivity contribution is 7.98. The summed E-state index contributed by atoms with van der Waals surface area (Å²) in [5.41, 5.74) is 1.77. The molecule has 0 amide bonds. The van der Waals surface area contributed by atoms with E-state index in [-0.39, 0.29) is 0 Å². The van der Waals surface area contributed by atoms with Crippen LogP contribution in [0.15, 0.2) is 41.4 Å². The lowest BCUT2D eigenvalue weighted by molar-refractivity contribution is 0.112. The van der Waals surface area contributed by atoms with Crippen LogP contribution in [-0.4, -0.2) is 16.1 Å². The van der Waals surface area contributed by atoms with Crippen molar-refractivity contribution in [1.82, 2.24) is 9.78 Å². The standard InChI is InChI=1S/C12H12N2OS/c1-14-7-6-11(13-14)9-16-12-4-2-10(8-15)3-5-12/h2-8H,9H2,1H3. The zero-order chi connectivity index (χ0) is 11.4. The maximum absolute atomic E-state index is 10.5. The zero-order valence-electron chi connectivity index (χ0n) is 8.96. The summed E-state index contributed by atoms with van der Waals surface area (Å²) in [6, 6.07) is 9.57. The highest BCUT2D eigenvalue weighted by Gasteiger charge is 1.99. The first-order chi connectivity index (χ1) is 7.78. The molecule has 0 aliphatic carbocycles. The maximum Gasteiger partial charge on any atom is 0.150 e. The molecule has 1 aromatic carbocycles. The van der Waals surface area contributed by atoms with Gasteiger partial charge in [0.05, 0.1) is 5.69 Å². The van der Waals surface area contributed by atoms with Gasteiger partial charge < -0.3 is 0 Å². The number of aromatic nitrogens is 2. The van der Waals surface area contributed by atoms with Crippen LogP contribution in [0.25, 0.3) is 0 Å². The number of rotatable bonds is 4. The molecule has 0 atom stereocenters. The van der Waals surface area contributed by atoms with E-state index in [0.29, 0.717) is 5.56 Å². The van der Waals surface area contributed by atoms with Crippen LogP contribution in [0.5, 0.6) is 0 Å². The molecule has 0 spiro atoms. The highest BCUT2D eigenvalue weighted by Crippen LogP contribution is 2.21. The van der Waals surface area contributed by atoms with E-state index in [1.54, 1.807) is 16.4 Å². The van der Waals surface area contributed by atoms with Crippen molar-refractivity contribution >= 4 is 18.0 Å². The van der Waals surface area contributed by atoms with Crippen molar-refractivity contribution in [3.63, 3.8) is 0 Å². The Morgan fingerprint density at radius 1 is 1.31 bits per heavy atom. The number of carbonyl (C=O) groups is 1. The minimum Gasteiger partial charge on any atom is -0.298 e. The van der Waals surface area contributed by atoms with E-state index in [9.17, 15) is 4.79 Å². The minimum atomic E-state index is 0.710. The topological polar surface area (TPSA) is 34.9 Å². The van der Waals surface area contributed by atoms with Crippen LogP contribution >= 0.6 is 11.8 Å². The Labute approximate surface area is 98.5 Å². The normalized spacial score (nSPS) is 10.3. The minimum absolute atomic E-state index is 0.710. The molecule has 0 unspecified atom stereocenters. The van der Waals surface area contributed by atoms with Gasteiger partial charge in [0, 0.05) is 29.5 Å². The first kappa shape index (κ1) is 11.0. The van der Waals surface area contributed by atoms with E-state index in [1.807, 2.05) is 43.6 Å². The van der Waals surface area contributed by atoms with Gasteiger partial charge in [-0.25, -0.2) is 0 Å². The smallest absolute Gasteiger partial charge is 0.150 e. The van der Waals surface area contributed by atoms with Crippen LogP contribution in [0.3, 0.4) is 0 Å². The molecule has 4 heteroatoms. The SMILES string of the molecule is Cn1ccc(CSc2ccc(C=O)cc2)n1. The Balaban J connectivity index is 1.96. The van der Waals surface area contributed by atoms with Gasteiger partial charge >= 0.3 is 0 Å². The lowest BCUT2D eigenvalue weighted by Crippen LogP contribution is -1.89. The number of aldehydes is 1. The summed E-state index contributed by atoms with van der Waals surface area (Å²) in [7, 11) is 1.91. The van der Waals surface area contributed by atoms with Gasteiger partial charge in [-0.05, 0) is 18.2 Å². The third-order valence-electron chi connectivity index (χ3n) is 2.17.